The van der Waals surface area contributed by atoms with E-state index in [1.807, 2.05) is 0 Å². The molecule has 2 aliphatic heterocycles. The quantitative estimate of drug-likeness (QED) is 0.251. The van der Waals surface area contributed by atoms with Crippen LogP contribution in [0.3, 0.4) is 0 Å². The Labute approximate surface area is 206 Å². The summed E-state index contributed by atoms with van der Waals surface area (Å²) in [5.41, 5.74) is 1.40. The monoisotopic (exact) mass is 493 g/mol. The van der Waals surface area contributed by atoms with Crippen LogP contribution in [0.1, 0.15) is 41.6 Å². The Bertz CT molecular complexity index is 1290. The van der Waals surface area contributed by atoms with Crippen molar-refractivity contribution >= 4 is 35.3 Å². The second-order valence-corrected chi connectivity index (χ2v) is 8.78. The average molecular weight is 493 g/mol. The van der Waals surface area contributed by atoms with Crippen LogP contribution < -0.4 is 20.6 Å². The second kappa shape index (κ2) is 9.76. The summed E-state index contributed by atoms with van der Waals surface area (Å²) in [6.45, 7) is 0.0911. The molecule has 186 valence electrons. The van der Waals surface area contributed by atoms with Crippen molar-refractivity contribution in [1.29, 1.82) is 0 Å². The number of piperidine rings is 1. The Morgan fingerprint density at radius 2 is 2.03 bits per heavy atom. The van der Waals surface area contributed by atoms with E-state index in [0.717, 1.165) is 12.8 Å². The van der Waals surface area contributed by atoms with Crippen LogP contribution in [-0.4, -0.2) is 53.3 Å². The molecule has 3 aliphatic rings. The summed E-state index contributed by atoms with van der Waals surface area (Å²) in [6, 6.07) is 8.77. The smallest absolute Gasteiger partial charge is 0.255 e. The molecule has 1 saturated heterocycles. The van der Waals surface area contributed by atoms with Crippen LogP contribution in [0.4, 0.5) is 10.1 Å². The lowest BCUT2D eigenvalue weighted by molar-refractivity contribution is -0.136. The molecule has 2 aromatic carbocycles. The van der Waals surface area contributed by atoms with Crippen LogP contribution >= 0.6 is 0 Å². The number of benzene rings is 2. The molecule has 0 spiro atoms. The van der Waals surface area contributed by atoms with E-state index in [1.165, 1.54) is 23.2 Å². The normalized spacial score (nSPS) is 20.0. The maximum Gasteiger partial charge on any atom is 0.255 e. The lowest BCUT2D eigenvalue weighted by Gasteiger charge is -2.29. The maximum absolute atomic E-state index is 14.4. The van der Waals surface area contributed by atoms with Crippen LogP contribution in [-0.2, 0) is 16.1 Å². The third-order valence-corrected chi connectivity index (χ3v) is 6.18. The van der Waals surface area contributed by atoms with Gasteiger partial charge in [0.2, 0.25) is 11.8 Å². The van der Waals surface area contributed by atoms with Gasteiger partial charge in [-0.2, -0.15) is 5.10 Å². The molecule has 2 heterocycles. The van der Waals surface area contributed by atoms with Crippen molar-refractivity contribution in [2.75, 3.05) is 6.61 Å². The zero-order chi connectivity index (χ0) is 25.2. The summed E-state index contributed by atoms with van der Waals surface area (Å²) in [7, 11) is 0. The molecule has 2 aromatic rings. The molecule has 11 heteroatoms. The number of imide groups is 1. The van der Waals surface area contributed by atoms with E-state index in [1.54, 1.807) is 24.3 Å². The summed E-state index contributed by atoms with van der Waals surface area (Å²) in [4.78, 5) is 42.2. The van der Waals surface area contributed by atoms with Gasteiger partial charge in [-0.05, 0) is 43.5 Å². The number of ether oxygens (including phenoxy) is 2. The molecule has 0 aromatic heterocycles. The van der Waals surface area contributed by atoms with E-state index in [2.05, 4.69) is 15.4 Å². The molecular weight excluding hydrogens is 469 g/mol. The molecule has 3 amide bonds. The lowest BCUT2D eigenvalue weighted by atomic mass is 10.0. The van der Waals surface area contributed by atoms with Gasteiger partial charge < -0.3 is 20.2 Å². The van der Waals surface area contributed by atoms with E-state index in [0.29, 0.717) is 22.6 Å². The number of fused-ring (bicyclic) bond motifs is 1. The van der Waals surface area contributed by atoms with Crippen molar-refractivity contribution in [3.05, 3.63) is 53.3 Å². The lowest BCUT2D eigenvalue weighted by Crippen LogP contribution is -2.52. The average Bonchev–Trinajstić information content (AvgIpc) is 3.61. The number of hydrogen-bond donors (Lipinski definition) is 2. The Morgan fingerprint density at radius 1 is 1.19 bits per heavy atom. The minimum Gasteiger partial charge on any atom is -0.490 e. The minimum atomic E-state index is -0.722. The van der Waals surface area contributed by atoms with E-state index in [4.69, 9.17) is 15.3 Å². The molecule has 1 saturated carbocycles. The Morgan fingerprint density at radius 3 is 2.75 bits per heavy atom. The third kappa shape index (κ3) is 4.90. The summed E-state index contributed by atoms with van der Waals surface area (Å²) in [6.07, 6.45) is 3.87. The molecule has 1 unspecified atom stereocenters. The number of halogens is 1. The summed E-state index contributed by atoms with van der Waals surface area (Å²) in [5, 5.41) is 5.94. The highest BCUT2D eigenvalue weighted by atomic mass is 19.1. The molecule has 1 aliphatic carbocycles. The van der Waals surface area contributed by atoms with Gasteiger partial charge in [0, 0.05) is 23.6 Å². The van der Waals surface area contributed by atoms with Crippen molar-refractivity contribution in [3.63, 3.8) is 0 Å². The van der Waals surface area contributed by atoms with Gasteiger partial charge >= 0.3 is 0 Å². The fourth-order valence-electron chi connectivity index (χ4n) is 4.14. The highest BCUT2D eigenvalue weighted by molar-refractivity contribution is 6.31. The van der Waals surface area contributed by atoms with Gasteiger partial charge in [-0.25, -0.2) is 4.39 Å². The minimum absolute atomic E-state index is 0.0758. The summed E-state index contributed by atoms with van der Waals surface area (Å²) >= 11 is 0. The molecular formula is C25H24FN5O5. The highest BCUT2D eigenvalue weighted by Crippen LogP contribution is 2.34. The number of aliphatic imine (C=N–C) groups is 1. The van der Waals surface area contributed by atoms with Gasteiger partial charge in [0.05, 0.1) is 24.6 Å². The number of nitrogens with one attached hydrogen (secondary N) is 1. The number of hydrazone groups is 1. The largest absolute Gasteiger partial charge is 0.490 e. The van der Waals surface area contributed by atoms with Crippen LogP contribution in [0.25, 0.3) is 0 Å². The number of hydrogen-bond acceptors (Lipinski definition) is 8. The van der Waals surface area contributed by atoms with Gasteiger partial charge in [0.25, 0.3) is 5.91 Å². The number of rotatable bonds is 8. The fraction of sp³-hybridized carbons (Fsp3) is 0.320. The molecule has 5 rings (SSSR count). The van der Waals surface area contributed by atoms with Crippen molar-refractivity contribution in [1.82, 2.24) is 10.2 Å². The van der Waals surface area contributed by atoms with Crippen LogP contribution in [0.5, 0.6) is 11.5 Å². The SMILES string of the molecule is NN=C(C=Nc1ccc(OC2CC2)cc1F)COc1cccc2c1CN(C1CCC(=O)NC1=O)C2=O. The number of nitrogens with zero attached hydrogens (tertiary/aromatic N) is 3. The molecule has 0 radical (unpaired) electrons. The molecule has 1 atom stereocenters. The standard InChI is InChI=1S/C25H24FN5O5/c26-19-10-16(36-15-4-5-15)6-7-20(19)28-11-14(30-27)13-35-22-3-1-2-17-18(22)12-31(25(17)34)21-8-9-23(32)29-24(21)33/h1-3,6-7,10-11,15,21H,4-5,8-9,12-13,27H2,(H,29,32,33). The molecule has 10 nitrogen and oxygen atoms in total. The van der Waals surface area contributed by atoms with Gasteiger partial charge in [-0.3, -0.25) is 24.7 Å². The fourth-order valence-corrected chi connectivity index (χ4v) is 4.14. The van der Waals surface area contributed by atoms with Crippen molar-refractivity contribution in [2.24, 2.45) is 15.9 Å². The zero-order valence-corrected chi connectivity index (χ0v) is 19.3. The van der Waals surface area contributed by atoms with Crippen molar-refractivity contribution in [3.8, 4) is 11.5 Å². The number of carbonyl (C=O) groups excluding carboxylic acids is 3. The number of nitrogens with two attached hydrogens (primary N) is 1. The Kier molecular flexibility index (Phi) is 6.36. The van der Waals surface area contributed by atoms with Crippen LogP contribution in [0.15, 0.2) is 46.5 Å². The molecule has 36 heavy (non-hydrogen) atoms. The highest BCUT2D eigenvalue weighted by Gasteiger charge is 2.40. The summed E-state index contributed by atoms with van der Waals surface area (Å²) < 4.78 is 25.8. The molecule has 2 fully saturated rings. The van der Waals surface area contributed by atoms with Gasteiger partial charge in [-0.1, -0.05) is 6.07 Å². The predicted octanol–water partition coefficient (Wildman–Crippen LogP) is 2.22. The van der Waals surface area contributed by atoms with E-state index in [-0.39, 0.29) is 55.3 Å². The first-order chi connectivity index (χ1) is 17.4. The first-order valence-corrected chi connectivity index (χ1v) is 11.6. The van der Waals surface area contributed by atoms with Crippen LogP contribution in [0, 0.1) is 5.82 Å². The second-order valence-electron chi connectivity index (χ2n) is 8.78. The van der Waals surface area contributed by atoms with E-state index in [9.17, 15) is 18.8 Å². The van der Waals surface area contributed by atoms with E-state index >= 15 is 0 Å². The van der Waals surface area contributed by atoms with Crippen LogP contribution in [0.2, 0.25) is 0 Å². The summed E-state index contributed by atoms with van der Waals surface area (Å²) in [5.74, 6) is 4.70. The molecule has 0 bridgehead atoms. The first-order valence-electron chi connectivity index (χ1n) is 11.6. The first kappa shape index (κ1) is 23.5. The van der Waals surface area contributed by atoms with Gasteiger partial charge in [0.15, 0.2) is 5.82 Å². The Hall–Kier alpha value is -4.28. The number of amides is 3. The van der Waals surface area contributed by atoms with Crippen molar-refractivity contribution < 1.29 is 28.2 Å². The van der Waals surface area contributed by atoms with Crippen molar-refractivity contribution in [2.45, 2.75) is 44.4 Å². The third-order valence-electron chi connectivity index (χ3n) is 6.18. The van der Waals surface area contributed by atoms with Gasteiger partial charge in [0.1, 0.15) is 29.9 Å². The Balaban J connectivity index is 1.24. The predicted molar refractivity (Wildman–Crippen MR) is 128 cm³/mol. The topological polar surface area (TPSA) is 136 Å². The maximum atomic E-state index is 14.4. The zero-order valence-electron chi connectivity index (χ0n) is 19.3. The van der Waals surface area contributed by atoms with Gasteiger partial charge in [-0.15, -0.1) is 0 Å². The molecule has 3 N–H and O–H groups in total. The number of carbonyl (C=O) groups is 3. The van der Waals surface area contributed by atoms with E-state index < -0.39 is 17.8 Å².